The summed E-state index contributed by atoms with van der Waals surface area (Å²) >= 11 is 5.57. The third kappa shape index (κ3) is 4.83. The molecule has 0 saturated heterocycles. The van der Waals surface area contributed by atoms with Crippen LogP contribution in [0.3, 0.4) is 0 Å². The molecule has 0 aliphatic carbocycles. The van der Waals surface area contributed by atoms with Gasteiger partial charge in [0.2, 0.25) is 0 Å². The average molecular weight is 162 g/mol. The second-order valence-corrected chi connectivity index (χ2v) is 3.47. The molecule has 0 radical (unpaired) electrons. The van der Waals surface area contributed by atoms with Crippen LogP contribution in [0.1, 0.15) is 20.8 Å². The summed E-state index contributed by atoms with van der Waals surface area (Å²) in [5, 5.41) is 3.92. The van der Waals surface area contributed by atoms with E-state index in [0.29, 0.717) is 23.5 Å². The molecule has 1 N–H and O–H groups in total. The fraction of sp³-hybridized carbons (Fsp3) is 0.750. The molecular formula is C8H16ClN. The lowest BCUT2D eigenvalue weighted by Crippen LogP contribution is -2.31. The summed E-state index contributed by atoms with van der Waals surface area (Å²) in [6.45, 7) is 10.8. The minimum atomic E-state index is 0.510. The molecule has 60 valence electrons. The lowest BCUT2D eigenvalue weighted by molar-refractivity contribution is 0.444. The Morgan fingerprint density at radius 3 is 2.30 bits per heavy atom. The van der Waals surface area contributed by atoms with Crippen molar-refractivity contribution >= 4 is 11.6 Å². The molecule has 0 aromatic rings. The first kappa shape index (κ1) is 9.99. The van der Waals surface area contributed by atoms with Gasteiger partial charge in [0.1, 0.15) is 0 Å². The molecule has 0 aromatic carbocycles. The van der Waals surface area contributed by atoms with E-state index < -0.39 is 0 Å². The van der Waals surface area contributed by atoms with Gasteiger partial charge < -0.3 is 5.32 Å². The van der Waals surface area contributed by atoms with Crippen molar-refractivity contribution in [3.63, 3.8) is 0 Å². The minimum absolute atomic E-state index is 0.510. The fourth-order valence-corrected chi connectivity index (χ4v) is 0.585. The Kier molecular flexibility index (Phi) is 4.75. The van der Waals surface area contributed by atoms with Crippen molar-refractivity contribution in [3.05, 3.63) is 11.6 Å². The van der Waals surface area contributed by atoms with Crippen molar-refractivity contribution in [2.24, 2.45) is 5.92 Å². The van der Waals surface area contributed by atoms with E-state index in [0.717, 1.165) is 0 Å². The van der Waals surface area contributed by atoms with Gasteiger partial charge in [0.15, 0.2) is 0 Å². The third-order valence-electron chi connectivity index (χ3n) is 1.62. The summed E-state index contributed by atoms with van der Waals surface area (Å²) in [5.74, 6) is 0.649. The molecule has 0 heterocycles. The van der Waals surface area contributed by atoms with Gasteiger partial charge in [-0.25, -0.2) is 0 Å². The zero-order chi connectivity index (χ0) is 8.15. The van der Waals surface area contributed by atoms with Crippen LogP contribution in [0.4, 0.5) is 0 Å². The Balaban J connectivity index is 3.39. The van der Waals surface area contributed by atoms with Gasteiger partial charge in [-0.3, -0.25) is 0 Å². The standard InChI is InChI=1S/C8H16ClN/c1-6(2)8(4)10-5-7(3)9/h6,8,10H,3,5H2,1-2,4H3. The lowest BCUT2D eigenvalue weighted by atomic mass is 10.1. The van der Waals surface area contributed by atoms with Crippen LogP contribution in [0.5, 0.6) is 0 Å². The van der Waals surface area contributed by atoms with Gasteiger partial charge in [-0.1, -0.05) is 32.0 Å². The molecule has 10 heavy (non-hydrogen) atoms. The first-order valence-corrected chi connectivity index (χ1v) is 3.98. The maximum Gasteiger partial charge on any atom is 0.0310 e. The zero-order valence-electron chi connectivity index (χ0n) is 6.95. The average Bonchev–Trinajstić information content (AvgIpc) is 1.82. The van der Waals surface area contributed by atoms with E-state index in [9.17, 15) is 0 Å². The van der Waals surface area contributed by atoms with Crippen molar-refractivity contribution in [2.75, 3.05) is 6.54 Å². The highest BCUT2D eigenvalue weighted by Gasteiger charge is 2.04. The topological polar surface area (TPSA) is 12.0 Å². The van der Waals surface area contributed by atoms with E-state index in [-0.39, 0.29) is 0 Å². The van der Waals surface area contributed by atoms with Crippen molar-refractivity contribution in [2.45, 2.75) is 26.8 Å². The van der Waals surface area contributed by atoms with Gasteiger partial charge in [-0.05, 0) is 12.8 Å². The Morgan fingerprint density at radius 1 is 1.50 bits per heavy atom. The zero-order valence-corrected chi connectivity index (χ0v) is 7.70. The molecule has 0 aliphatic heterocycles. The monoisotopic (exact) mass is 161 g/mol. The van der Waals surface area contributed by atoms with E-state index in [1.54, 1.807) is 0 Å². The predicted octanol–water partition coefficient (Wildman–Crippen LogP) is 2.37. The van der Waals surface area contributed by atoms with Crippen LogP contribution in [0, 0.1) is 5.92 Å². The van der Waals surface area contributed by atoms with Gasteiger partial charge in [-0.2, -0.15) is 0 Å². The highest BCUT2D eigenvalue weighted by atomic mass is 35.5. The van der Waals surface area contributed by atoms with E-state index in [1.807, 2.05) is 0 Å². The molecule has 1 unspecified atom stereocenters. The quantitative estimate of drug-likeness (QED) is 0.668. The summed E-state index contributed by atoms with van der Waals surface area (Å²) in [4.78, 5) is 0. The molecule has 0 rings (SSSR count). The van der Waals surface area contributed by atoms with Gasteiger partial charge in [0.25, 0.3) is 0 Å². The van der Waals surface area contributed by atoms with Crippen LogP contribution in [0.15, 0.2) is 11.6 Å². The molecular weight excluding hydrogens is 146 g/mol. The maximum atomic E-state index is 5.57. The molecule has 0 aromatic heterocycles. The van der Waals surface area contributed by atoms with Gasteiger partial charge in [0, 0.05) is 17.6 Å². The number of rotatable bonds is 4. The number of nitrogens with one attached hydrogen (secondary N) is 1. The van der Waals surface area contributed by atoms with Crippen LogP contribution in [-0.4, -0.2) is 12.6 Å². The first-order chi connectivity index (χ1) is 4.54. The fourth-order valence-electron chi connectivity index (χ4n) is 0.507. The molecule has 0 amide bonds. The number of hydrogen-bond acceptors (Lipinski definition) is 1. The SMILES string of the molecule is C=C(Cl)CNC(C)C(C)C. The van der Waals surface area contributed by atoms with Crippen LogP contribution in [0.25, 0.3) is 0 Å². The summed E-state index contributed by atoms with van der Waals surface area (Å²) in [6.07, 6.45) is 0. The second-order valence-electron chi connectivity index (χ2n) is 2.93. The highest BCUT2D eigenvalue weighted by Crippen LogP contribution is 2.01. The maximum absolute atomic E-state index is 5.57. The summed E-state index contributed by atoms with van der Waals surface area (Å²) in [5.41, 5.74) is 0. The Morgan fingerprint density at radius 2 is 2.00 bits per heavy atom. The largest absolute Gasteiger partial charge is 0.309 e. The van der Waals surface area contributed by atoms with Crippen molar-refractivity contribution < 1.29 is 0 Å². The molecule has 0 saturated carbocycles. The second kappa shape index (κ2) is 4.75. The van der Waals surface area contributed by atoms with Crippen LogP contribution < -0.4 is 5.32 Å². The first-order valence-electron chi connectivity index (χ1n) is 3.60. The summed E-state index contributed by atoms with van der Waals surface area (Å²) in [6, 6.07) is 0.510. The molecule has 0 spiro atoms. The summed E-state index contributed by atoms with van der Waals surface area (Å²) in [7, 11) is 0. The van der Waals surface area contributed by atoms with E-state index in [2.05, 4.69) is 32.7 Å². The van der Waals surface area contributed by atoms with Crippen LogP contribution in [0.2, 0.25) is 0 Å². The van der Waals surface area contributed by atoms with E-state index in [4.69, 9.17) is 11.6 Å². The minimum Gasteiger partial charge on any atom is -0.309 e. The van der Waals surface area contributed by atoms with Gasteiger partial charge >= 0.3 is 0 Å². The van der Waals surface area contributed by atoms with E-state index >= 15 is 0 Å². The summed E-state index contributed by atoms with van der Waals surface area (Å²) < 4.78 is 0. The van der Waals surface area contributed by atoms with Gasteiger partial charge in [0.05, 0.1) is 0 Å². The highest BCUT2D eigenvalue weighted by molar-refractivity contribution is 6.29. The third-order valence-corrected chi connectivity index (χ3v) is 1.75. The van der Waals surface area contributed by atoms with Crippen molar-refractivity contribution in [1.82, 2.24) is 5.32 Å². The Hall–Kier alpha value is -0.0100. The van der Waals surface area contributed by atoms with Crippen molar-refractivity contribution in [3.8, 4) is 0 Å². The Bertz CT molecular complexity index is 110. The molecule has 0 aliphatic rings. The molecule has 0 fully saturated rings. The number of halogens is 1. The Labute approximate surface area is 68.5 Å². The molecule has 1 atom stereocenters. The van der Waals surface area contributed by atoms with Crippen LogP contribution >= 0.6 is 11.6 Å². The van der Waals surface area contributed by atoms with Crippen LogP contribution in [-0.2, 0) is 0 Å². The molecule has 2 heteroatoms. The lowest BCUT2D eigenvalue weighted by Gasteiger charge is -2.16. The normalized spacial score (nSPS) is 13.7. The molecule has 0 bridgehead atoms. The van der Waals surface area contributed by atoms with Gasteiger partial charge in [-0.15, -0.1) is 0 Å². The van der Waals surface area contributed by atoms with E-state index in [1.165, 1.54) is 0 Å². The number of hydrogen-bond donors (Lipinski definition) is 1. The van der Waals surface area contributed by atoms with Crippen molar-refractivity contribution in [1.29, 1.82) is 0 Å². The smallest absolute Gasteiger partial charge is 0.0310 e. The predicted molar refractivity (Wildman–Crippen MR) is 47.3 cm³/mol. The molecule has 1 nitrogen and oxygen atoms in total.